The second kappa shape index (κ2) is 6.05. The van der Waals surface area contributed by atoms with E-state index in [1.54, 1.807) is 6.08 Å². The molecule has 0 bridgehead atoms. The Bertz CT molecular complexity index is 903. The van der Waals surface area contributed by atoms with Crippen LogP contribution in [0.5, 0.6) is 0 Å². The Morgan fingerprint density at radius 1 is 1.38 bits per heavy atom. The lowest BCUT2D eigenvalue weighted by molar-refractivity contribution is 0.411. The van der Waals surface area contributed by atoms with Gasteiger partial charge >= 0.3 is 0 Å². The van der Waals surface area contributed by atoms with Crippen LogP contribution in [0.1, 0.15) is 23.7 Å². The highest BCUT2D eigenvalue weighted by atomic mass is 15.1. The highest BCUT2D eigenvalue weighted by Gasteiger charge is 2.23. The van der Waals surface area contributed by atoms with E-state index in [1.807, 2.05) is 24.5 Å². The van der Waals surface area contributed by atoms with Crippen LogP contribution in [-0.2, 0) is 0 Å². The maximum Gasteiger partial charge on any atom is 0.138 e. The maximum absolute atomic E-state index is 7.16. The number of aromatic amines is 2. The molecule has 0 amide bonds. The first-order chi connectivity index (χ1) is 11.8. The first-order valence-electron chi connectivity index (χ1n) is 8.13. The second-order valence-electron chi connectivity index (χ2n) is 6.32. The summed E-state index contributed by atoms with van der Waals surface area (Å²) < 4.78 is 0. The Hall–Kier alpha value is -2.73. The van der Waals surface area contributed by atoms with E-state index in [2.05, 4.69) is 38.2 Å². The standard InChI is InChI=1S/C18H20N6/c1-24-8-5-12(11-24)17-9-14-13(4-7-20-18(14)22-17)15-10-21-23-16(15)3-2-6-19/h2-4,6-7,9-10,12,19H,5,8,11H2,1H3,(H,20,22)(H,21,23)/b3-2-,19-6?. The van der Waals surface area contributed by atoms with Crippen molar-refractivity contribution in [1.29, 1.82) is 5.41 Å². The third-order valence-electron chi connectivity index (χ3n) is 4.70. The molecule has 1 aliphatic rings. The first kappa shape index (κ1) is 14.8. The Morgan fingerprint density at radius 3 is 3.08 bits per heavy atom. The molecule has 0 aromatic carbocycles. The summed E-state index contributed by atoms with van der Waals surface area (Å²) >= 11 is 0. The number of H-pyrrole nitrogens is 2. The van der Waals surface area contributed by atoms with Crippen molar-refractivity contribution in [2.24, 2.45) is 0 Å². The number of nitrogens with one attached hydrogen (secondary N) is 3. The summed E-state index contributed by atoms with van der Waals surface area (Å²) in [7, 11) is 2.17. The summed E-state index contributed by atoms with van der Waals surface area (Å²) in [4.78, 5) is 10.4. The van der Waals surface area contributed by atoms with Crippen LogP contribution in [-0.4, -0.2) is 51.4 Å². The quantitative estimate of drug-likeness (QED) is 0.646. The summed E-state index contributed by atoms with van der Waals surface area (Å²) in [5.74, 6) is 0.540. The van der Waals surface area contributed by atoms with Gasteiger partial charge in [-0.1, -0.05) is 0 Å². The van der Waals surface area contributed by atoms with E-state index in [4.69, 9.17) is 5.41 Å². The average Bonchev–Trinajstić information content (AvgIpc) is 3.30. The van der Waals surface area contributed by atoms with E-state index >= 15 is 0 Å². The molecule has 3 aromatic heterocycles. The number of allylic oxidation sites excluding steroid dienone is 1. The molecule has 24 heavy (non-hydrogen) atoms. The molecule has 0 radical (unpaired) electrons. The van der Waals surface area contributed by atoms with E-state index in [0.717, 1.165) is 40.9 Å². The lowest BCUT2D eigenvalue weighted by Gasteiger charge is -2.07. The van der Waals surface area contributed by atoms with Gasteiger partial charge in [0.25, 0.3) is 0 Å². The van der Waals surface area contributed by atoms with Gasteiger partial charge in [-0.25, -0.2) is 4.98 Å². The largest absolute Gasteiger partial charge is 0.343 e. The van der Waals surface area contributed by atoms with Crippen molar-refractivity contribution in [3.05, 3.63) is 42.0 Å². The van der Waals surface area contributed by atoms with Gasteiger partial charge in [-0.2, -0.15) is 5.10 Å². The molecule has 3 N–H and O–H groups in total. The monoisotopic (exact) mass is 320 g/mol. The van der Waals surface area contributed by atoms with Crippen LogP contribution in [0, 0.1) is 5.41 Å². The predicted octanol–water partition coefficient (Wildman–Crippen LogP) is 3.03. The lowest BCUT2D eigenvalue weighted by atomic mass is 10.0. The van der Waals surface area contributed by atoms with Gasteiger partial charge in [-0.15, -0.1) is 0 Å². The van der Waals surface area contributed by atoms with Gasteiger partial charge in [-0.05, 0) is 49.9 Å². The van der Waals surface area contributed by atoms with E-state index in [0.29, 0.717) is 5.92 Å². The Kier molecular flexibility index (Phi) is 3.74. The zero-order chi connectivity index (χ0) is 16.5. The average molecular weight is 320 g/mol. The summed E-state index contributed by atoms with van der Waals surface area (Å²) in [6.07, 6.45) is 9.65. The fraction of sp³-hybridized carbons (Fsp3) is 0.278. The molecule has 4 rings (SSSR count). The van der Waals surface area contributed by atoms with Crippen molar-refractivity contribution in [1.82, 2.24) is 25.1 Å². The van der Waals surface area contributed by atoms with Crippen LogP contribution in [0.4, 0.5) is 0 Å². The van der Waals surface area contributed by atoms with Gasteiger partial charge in [-0.3, -0.25) is 5.10 Å². The molecule has 3 aromatic rings. The summed E-state index contributed by atoms with van der Waals surface area (Å²) in [5.41, 5.74) is 5.20. The molecule has 1 unspecified atom stereocenters. The molecule has 6 heteroatoms. The molecular formula is C18H20N6. The van der Waals surface area contributed by atoms with Gasteiger partial charge in [0, 0.05) is 41.5 Å². The third-order valence-corrected chi connectivity index (χ3v) is 4.70. The first-order valence-corrected chi connectivity index (χ1v) is 8.13. The second-order valence-corrected chi connectivity index (χ2v) is 6.32. The molecule has 1 fully saturated rings. The predicted molar refractivity (Wildman–Crippen MR) is 96.3 cm³/mol. The van der Waals surface area contributed by atoms with E-state index < -0.39 is 0 Å². The lowest BCUT2D eigenvalue weighted by Crippen LogP contribution is -2.13. The Labute approximate surface area is 140 Å². The minimum absolute atomic E-state index is 0.540. The van der Waals surface area contributed by atoms with E-state index in [9.17, 15) is 0 Å². The van der Waals surface area contributed by atoms with Gasteiger partial charge in [0.05, 0.1) is 11.9 Å². The van der Waals surface area contributed by atoms with Crippen molar-refractivity contribution in [2.75, 3.05) is 20.1 Å². The molecule has 122 valence electrons. The maximum atomic E-state index is 7.16. The van der Waals surface area contributed by atoms with Crippen LogP contribution in [0.2, 0.25) is 0 Å². The normalized spacial score (nSPS) is 18.8. The molecule has 1 saturated heterocycles. The van der Waals surface area contributed by atoms with Crippen LogP contribution in [0.25, 0.3) is 28.2 Å². The smallest absolute Gasteiger partial charge is 0.138 e. The fourth-order valence-electron chi connectivity index (χ4n) is 3.47. The number of likely N-dealkylation sites (N-methyl/N-ethyl adjacent to an activating group) is 1. The van der Waals surface area contributed by atoms with Crippen LogP contribution >= 0.6 is 0 Å². The fourth-order valence-corrected chi connectivity index (χ4v) is 3.47. The summed E-state index contributed by atoms with van der Waals surface area (Å²) in [6, 6.07) is 4.26. The topological polar surface area (TPSA) is 84.4 Å². The minimum Gasteiger partial charge on any atom is -0.343 e. The number of likely N-dealkylation sites (tertiary alicyclic amines) is 1. The number of fused-ring (bicyclic) bond motifs is 1. The SMILES string of the molecule is CN1CCC(c2cc3c(-c4cn[nH]c4/C=C\C=N)ccnc3[nH]2)C1. The van der Waals surface area contributed by atoms with Crippen LogP contribution in [0.15, 0.2) is 30.6 Å². The van der Waals surface area contributed by atoms with Crippen molar-refractivity contribution in [3.63, 3.8) is 0 Å². The number of hydrogen-bond donors (Lipinski definition) is 3. The Balaban J connectivity index is 1.79. The number of pyridine rings is 1. The molecule has 4 heterocycles. The molecule has 1 aliphatic heterocycles. The van der Waals surface area contributed by atoms with E-state index in [-0.39, 0.29) is 0 Å². The Morgan fingerprint density at radius 2 is 2.29 bits per heavy atom. The van der Waals surface area contributed by atoms with Gasteiger partial charge in [0.2, 0.25) is 0 Å². The van der Waals surface area contributed by atoms with Crippen LogP contribution < -0.4 is 0 Å². The number of nitrogens with zero attached hydrogens (tertiary/aromatic N) is 3. The number of aromatic nitrogens is 4. The molecular weight excluding hydrogens is 300 g/mol. The number of hydrogen-bond acceptors (Lipinski definition) is 4. The summed E-state index contributed by atoms with van der Waals surface area (Å²) in [6.45, 7) is 2.22. The minimum atomic E-state index is 0.540. The van der Waals surface area contributed by atoms with Crippen molar-refractivity contribution < 1.29 is 0 Å². The summed E-state index contributed by atoms with van der Waals surface area (Å²) in [5, 5.41) is 15.4. The number of rotatable bonds is 4. The van der Waals surface area contributed by atoms with Gasteiger partial charge in [0.1, 0.15) is 5.65 Å². The van der Waals surface area contributed by atoms with Crippen molar-refractivity contribution in [2.45, 2.75) is 12.3 Å². The molecule has 6 nitrogen and oxygen atoms in total. The zero-order valence-corrected chi connectivity index (χ0v) is 13.6. The van der Waals surface area contributed by atoms with Crippen molar-refractivity contribution in [3.8, 4) is 11.1 Å². The highest BCUT2D eigenvalue weighted by Crippen LogP contribution is 2.33. The highest BCUT2D eigenvalue weighted by molar-refractivity contribution is 5.95. The van der Waals surface area contributed by atoms with Crippen molar-refractivity contribution >= 4 is 23.3 Å². The molecule has 1 atom stereocenters. The molecule has 0 spiro atoms. The third kappa shape index (κ3) is 2.55. The molecule has 0 saturated carbocycles. The van der Waals surface area contributed by atoms with Crippen LogP contribution in [0.3, 0.4) is 0 Å². The van der Waals surface area contributed by atoms with Gasteiger partial charge < -0.3 is 15.3 Å². The van der Waals surface area contributed by atoms with Gasteiger partial charge in [0.15, 0.2) is 0 Å². The molecule has 0 aliphatic carbocycles. The zero-order valence-electron chi connectivity index (χ0n) is 13.6. The van der Waals surface area contributed by atoms with E-state index in [1.165, 1.54) is 18.3 Å².